The van der Waals surface area contributed by atoms with Crippen molar-refractivity contribution in [2.75, 3.05) is 44.7 Å². The van der Waals surface area contributed by atoms with Gasteiger partial charge >= 0.3 is 0 Å². The van der Waals surface area contributed by atoms with Gasteiger partial charge in [-0.3, -0.25) is 9.59 Å². The first-order chi connectivity index (χ1) is 11.1. The molecule has 1 N–H and O–H groups in total. The van der Waals surface area contributed by atoms with Crippen LogP contribution in [0, 0.1) is 5.92 Å². The van der Waals surface area contributed by atoms with Crippen molar-refractivity contribution in [3.63, 3.8) is 0 Å². The molecule has 2 fully saturated rings. The first-order valence-electron chi connectivity index (χ1n) is 7.73. The Kier molecular flexibility index (Phi) is 4.73. The largest absolute Gasteiger partial charge is 0.495 e. The van der Waals surface area contributed by atoms with Crippen LogP contribution in [0.3, 0.4) is 0 Å². The summed E-state index contributed by atoms with van der Waals surface area (Å²) >= 11 is 6.04. The van der Waals surface area contributed by atoms with E-state index in [-0.39, 0.29) is 24.2 Å². The highest BCUT2D eigenvalue weighted by molar-refractivity contribution is 6.31. The van der Waals surface area contributed by atoms with Crippen molar-refractivity contribution in [1.29, 1.82) is 0 Å². The zero-order valence-electron chi connectivity index (χ0n) is 13.0. The number of methoxy groups -OCH3 is 1. The highest BCUT2D eigenvalue weighted by atomic mass is 35.5. The molecule has 1 aromatic rings. The first-order valence-corrected chi connectivity index (χ1v) is 8.11. The molecule has 124 valence electrons. The predicted octanol–water partition coefficient (Wildman–Crippen LogP) is 1.13. The average Bonchev–Trinajstić information content (AvgIpc) is 2.96. The fourth-order valence-electron chi connectivity index (χ4n) is 3.12. The molecule has 23 heavy (non-hydrogen) atoms. The summed E-state index contributed by atoms with van der Waals surface area (Å²) in [6, 6.07) is 5.15. The second-order valence-electron chi connectivity index (χ2n) is 5.80. The summed E-state index contributed by atoms with van der Waals surface area (Å²) in [5, 5.41) is 3.76. The Hall–Kier alpha value is -1.79. The maximum atomic E-state index is 12.6. The molecule has 0 bridgehead atoms. The van der Waals surface area contributed by atoms with Crippen LogP contribution in [-0.2, 0) is 9.59 Å². The lowest BCUT2D eigenvalue weighted by Gasteiger charge is -2.29. The van der Waals surface area contributed by atoms with Gasteiger partial charge in [0.15, 0.2) is 0 Å². The molecule has 2 aliphatic heterocycles. The van der Waals surface area contributed by atoms with Gasteiger partial charge in [-0.1, -0.05) is 11.6 Å². The molecule has 0 radical (unpaired) electrons. The summed E-state index contributed by atoms with van der Waals surface area (Å²) in [7, 11) is 1.55. The van der Waals surface area contributed by atoms with Crippen LogP contribution in [0.15, 0.2) is 18.2 Å². The van der Waals surface area contributed by atoms with Crippen LogP contribution in [-0.4, -0.2) is 56.5 Å². The second kappa shape index (κ2) is 6.76. The molecule has 0 saturated carbocycles. The number of piperazine rings is 1. The van der Waals surface area contributed by atoms with Crippen molar-refractivity contribution in [1.82, 2.24) is 10.2 Å². The molecule has 1 atom stereocenters. The van der Waals surface area contributed by atoms with Crippen LogP contribution in [0.1, 0.15) is 6.42 Å². The van der Waals surface area contributed by atoms with Crippen LogP contribution in [0.25, 0.3) is 0 Å². The van der Waals surface area contributed by atoms with E-state index in [1.54, 1.807) is 30.2 Å². The summed E-state index contributed by atoms with van der Waals surface area (Å²) in [6.45, 7) is 3.38. The van der Waals surface area contributed by atoms with Crippen LogP contribution < -0.4 is 15.0 Å². The zero-order chi connectivity index (χ0) is 16.4. The fraction of sp³-hybridized carbons (Fsp3) is 0.500. The Bertz CT molecular complexity index is 617. The van der Waals surface area contributed by atoms with Crippen molar-refractivity contribution >= 4 is 29.1 Å². The van der Waals surface area contributed by atoms with Gasteiger partial charge in [-0.2, -0.15) is 0 Å². The molecule has 2 aliphatic rings. The Morgan fingerprint density at radius 3 is 2.78 bits per heavy atom. The average molecular weight is 338 g/mol. The van der Waals surface area contributed by atoms with Gasteiger partial charge in [0.1, 0.15) is 5.75 Å². The molecule has 0 aliphatic carbocycles. The molecule has 0 aromatic heterocycles. The molecule has 1 unspecified atom stereocenters. The zero-order valence-corrected chi connectivity index (χ0v) is 13.8. The van der Waals surface area contributed by atoms with Gasteiger partial charge in [-0.25, -0.2) is 0 Å². The maximum absolute atomic E-state index is 12.6. The minimum absolute atomic E-state index is 0.0587. The number of carbonyl (C=O) groups is 2. The number of carbonyl (C=O) groups excluding carboxylic acids is 2. The van der Waals surface area contributed by atoms with E-state index in [1.807, 2.05) is 4.90 Å². The minimum Gasteiger partial charge on any atom is -0.495 e. The van der Waals surface area contributed by atoms with E-state index in [4.69, 9.17) is 16.3 Å². The molecule has 2 heterocycles. The topological polar surface area (TPSA) is 61.9 Å². The Labute approximate surface area is 140 Å². The molecule has 3 rings (SSSR count). The number of hydrogen-bond acceptors (Lipinski definition) is 4. The Morgan fingerprint density at radius 1 is 1.35 bits per heavy atom. The minimum atomic E-state index is -0.302. The van der Waals surface area contributed by atoms with Gasteiger partial charge in [0.05, 0.1) is 18.7 Å². The van der Waals surface area contributed by atoms with Crippen molar-refractivity contribution in [2.24, 2.45) is 5.92 Å². The number of benzene rings is 1. The van der Waals surface area contributed by atoms with Gasteiger partial charge < -0.3 is 19.9 Å². The lowest BCUT2D eigenvalue weighted by molar-refractivity contribution is -0.136. The van der Waals surface area contributed by atoms with Crippen molar-refractivity contribution in [3.05, 3.63) is 23.2 Å². The van der Waals surface area contributed by atoms with Gasteiger partial charge in [0.2, 0.25) is 11.8 Å². The van der Waals surface area contributed by atoms with Gasteiger partial charge in [-0.05, 0) is 18.2 Å². The monoisotopic (exact) mass is 337 g/mol. The summed E-state index contributed by atoms with van der Waals surface area (Å²) in [5.74, 6) is 0.268. The third kappa shape index (κ3) is 3.28. The molecule has 6 nitrogen and oxygen atoms in total. The second-order valence-corrected chi connectivity index (χ2v) is 6.23. The first kappa shape index (κ1) is 16.1. The summed E-state index contributed by atoms with van der Waals surface area (Å²) < 4.78 is 5.32. The van der Waals surface area contributed by atoms with E-state index in [0.29, 0.717) is 36.1 Å². The van der Waals surface area contributed by atoms with Crippen LogP contribution >= 0.6 is 11.6 Å². The number of hydrogen-bond donors (Lipinski definition) is 1. The molecular formula is C16H20ClN3O3. The summed E-state index contributed by atoms with van der Waals surface area (Å²) in [4.78, 5) is 28.4. The predicted molar refractivity (Wildman–Crippen MR) is 87.9 cm³/mol. The highest BCUT2D eigenvalue weighted by Gasteiger charge is 2.38. The van der Waals surface area contributed by atoms with Crippen LogP contribution in [0.5, 0.6) is 5.75 Å². The Morgan fingerprint density at radius 2 is 2.09 bits per heavy atom. The standard InChI is InChI=1S/C16H20ClN3O3/c1-23-14-3-2-12(17)9-13(14)20-10-11(8-15(20)21)16(22)19-6-4-18-5-7-19/h2-3,9,11,18H,4-8,10H2,1H3. The third-order valence-corrected chi connectivity index (χ3v) is 4.57. The maximum Gasteiger partial charge on any atom is 0.228 e. The molecule has 7 heteroatoms. The van der Waals surface area contributed by atoms with Crippen molar-refractivity contribution in [3.8, 4) is 5.75 Å². The molecular weight excluding hydrogens is 318 g/mol. The number of ether oxygens (including phenoxy) is 1. The van der Waals surface area contributed by atoms with Gasteiger partial charge in [-0.15, -0.1) is 0 Å². The lowest BCUT2D eigenvalue weighted by Crippen LogP contribution is -2.48. The van der Waals surface area contributed by atoms with E-state index in [2.05, 4.69) is 5.32 Å². The quantitative estimate of drug-likeness (QED) is 0.898. The van der Waals surface area contributed by atoms with E-state index < -0.39 is 0 Å². The Balaban J connectivity index is 1.77. The van der Waals surface area contributed by atoms with Gasteiger partial charge in [0, 0.05) is 44.2 Å². The normalized spacial score (nSPS) is 21.7. The number of nitrogens with one attached hydrogen (secondary N) is 1. The van der Waals surface area contributed by atoms with Gasteiger partial charge in [0.25, 0.3) is 0 Å². The number of halogens is 1. The van der Waals surface area contributed by atoms with E-state index in [0.717, 1.165) is 13.1 Å². The van der Waals surface area contributed by atoms with Crippen LogP contribution in [0.2, 0.25) is 5.02 Å². The SMILES string of the molecule is COc1ccc(Cl)cc1N1CC(C(=O)N2CCNCC2)CC1=O. The van der Waals surface area contributed by atoms with E-state index >= 15 is 0 Å². The number of rotatable bonds is 3. The van der Waals surface area contributed by atoms with Crippen molar-refractivity contribution in [2.45, 2.75) is 6.42 Å². The lowest BCUT2D eigenvalue weighted by atomic mass is 10.1. The molecule has 1 aromatic carbocycles. The number of amides is 2. The van der Waals surface area contributed by atoms with E-state index in [9.17, 15) is 9.59 Å². The number of anilines is 1. The van der Waals surface area contributed by atoms with Crippen LogP contribution in [0.4, 0.5) is 5.69 Å². The highest BCUT2D eigenvalue weighted by Crippen LogP contribution is 2.35. The summed E-state index contributed by atoms with van der Waals surface area (Å²) in [6.07, 6.45) is 0.235. The van der Waals surface area contributed by atoms with E-state index in [1.165, 1.54) is 0 Å². The molecule has 2 amide bonds. The fourth-order valence-corrected chi connectivity index (χ4v) is 3.29. The third-order valence-electron chi connectivity index (χ3n) is 4.33. The van der Waals surface area contributed by atoms with Crippen molar-refractivity contribution < 1.29 is 14.3 Å². The summed E-state index contributed by atoms with van der Waals surface area (Å²) in [5.41, 5.74) is 0.626. The number of nitrogens with zero attached hydrogens (tertiary/aromatic N) is 2. The molecule has 0 spiro atoms. The molecule has 2 saturated heterocycles. The smallest absolute Gasteiger partial charge is 0.228 e.